The molecular weight excluding hydrogens is 232 g/mol. The highest BCUT2D eigenvalue weighted by atomic mass is 79.9. The summed E-state index contributed by atoms with van der Waals surface area (Å²) < 4.78 is 4.94. The molecule has 3 heteroatoms. The lowest BCUT2D eigenvalue weighted by Crippen LogP contribution is -1.83. The van der Waals surface area contributed by atoms with Crippen molar-refractivity contribution >= 4 is 15.9 Å². The molecule has 13 heavy (non-hydrogen) atoms. The van der Waals surface area contributed by atoms with Gasteiger partial charge in [0.2, 0.25) is 0 Å². The first-order valence-electron chi connectivity index (χ1n) is 3.69. The SMILES string of the molecule is COc1ccc(C#CCBr)c(O)c1. The first-order chi connectivity index (χ1) is 6.27. The zero-order chi connectivity index (χ0) is 9.68. The Labute approximate surface area is 85.7 Å². The summed E-state index contributed by atoms with van der Waals surface area (Å²) >= 11 is 3.18. The third-order valence-corrected chi connectivity index (χ3v) is 1.78. The van der Waals surface area contributed by atoms with Crippen molar-refractivity contribution in [3.05, 3.63) is 23.8 Å². The molecule has 0 fully saturated rings. The van der Waals surface area contributed by atoms with Gasteiger partial charge in [0, 0.05) is 6.07 Å². The number of halogens is 1. The number of methoxy groups -OCH3 is 1. The number of ether oxygens (including phenoxy) is 1. The molecule has 0 heterocycles. The minimum atomic E-state index is 0.146. The fourth-order valence-corrected chi connectivity index (χ4v) is 1.01. The molecule has 0 saturated heterocycles. The number of benzene rings is 1. The molecule has 1 rings (SSSR count). The van der Waals surface area contributed by atoms with Crippen molar-refractivity contribution in [3.8, 4) is 23.3 Å². The van der Waals surface area contributed by atoms with Crippen LogP contribution in [0.4, 0.5) is 0 Å². The average molecular weight is 241 g/mol. The van der Waals surface area contributed by atoms with E-state index >= 15 is 0 Å². The van der Waals surface area contributed by atoms with Crippen LogP contribution in [0.5, 0.6) is 11.5 Å². The molecule has 0 unspecified atom stereocenters. The highest BCUT2D eigenvalue weighted by Gasteiger charge is 1.98. The van der Waals surface area contributed by atoms with Crippen molar-refractivity contribution < 1.29 is 9.84 Å². The maximum Gasteiger partial charge on any atom is 0.134 e. The van der Waals surface area contributed by atoms with Gasteiger partial charge in [-0.25, -0.2) is 0 Å². The largest absolute Gasteiger partial charge is 0.507 e. The van der Waals surface area contributed by atoms with E-state index in [-0.39, 0.29) is 5.75 Å². The van der Waals surface area contributed by atoms with Crippen LogP contribution in [0.15, 0.2) is 18.2 Å². The molecule has 0 aliphatic carbocycles. The van der Waals surface area contributed by atoms with Gasteiger partial charge in [-0.2, -0.15) is 0 Å². The molecule has 0 bridgehead atoms. The van der Waals surface area contributed by atoms with Gasteiger partial charge in [-0.3, -0.25) is 0 Å². The van der Waals surface area contributed by atoms with Crippen molar-refractivity contribution in [2.75, 3.05) is 12.4 Å². The number of phenolic OH excluding ortho intramolecular Hbond substituents is 1. The van der Waals surface area contributed by atoms with Crippen LogP contribution in [-0.4, -0.2) is 17.5 Å². The van der Waals surface area contributed by atoms with E-state index in [1.165, 1.54) is 6.07 Å². The van der Waals surface area contributed by atoms with Gasteiger partial charge in [0.15, 0.2) is 0 Å². The number of rotatable bonds is 1. The lowest BCUT2D eigenvalue weighted by Gasteiger charge is -2.01. The van der Waals surface area contributed by atoms with E-state index in [9.17, 15) is 5.11 Å². The second-order valence-corrected chi connectivity index (χ2v) is 2.88. The maximum absolute atomic E-state index is 9.45. The molecule has 0 aliphatic heterocycles. The molecule has 0 aliphatic rings. The Morgan fingerprint density at radius 3 is 2.85 bits per heavy atom. The molecule has 0 aromatic heterocycles. The van der Waals surface area contributed by atoms with E-state index in [0.29, 0.717) is 16.6 Å². The van der Waals surface area contributed by atoms with E-state index in [1.54, 1.807) is 19.2 Å². The van der Waals surface area contributed by atoms with E-state index in [1.807, 2.05) is 0 Å². The van der Waals surface area contributed by atoms with Gasteiger partial charge in [0.25, 0.3) is 0 Å². The summed E-state index contributed by atoms with van der Waals surface area (Å²) in [5, 5.41) is 10.0. The van der Waals surface area contributed by atoms with Crippen molar-refractivity contribution in [2.24, 2.45) is 0 Å². The van der Waals surface area contributed by atoms with Gasteiger partial charge in [-0.05, 0) is 12.1 Å². The molecule has 0 spiro atoms. The first-order valence-corrected chi connectivity index (χ1v) is 4.82. The summed E-state index contributed by atoms with van der Waals surface area (Å²) in [6.07, 6.45) is 0. The molecule has 0 atom stereocenters. The summed E-state index contributed by atoms with van der Waals surface area (Å²) in [6, 6.07) is 5.03. The second kappa shape index (κ2) is 4.78. The van der Waals surface area contributed by atoms with Crippen molar-refractivity contribution in [1.29, 1.82) is 0 Å². The number of phenols is 1. The van der Waals surface area contributed by atoms with Crippen molar-refractivity contribution in [3.63, 3.8) is 0 Å². The standard InChI is InChI=1S/C10H9BrO2/c1-13-9-5-4-8(3-2-6-11)10(12)7-9/h4-5,7,12H,6H2,1H3. The molecule has 1 aromatic carbocycles. The van der Waals surface area contributed by atoms with Crippen LogP contribution >= 0.6 is 15.9 Å². The Morgan fingerprint density at radius 2 is 2.31 bits per heavy atom. The second-order valence-electron chi connectivity index (χ2n) is 2.32. The van der Waals surface area contributed by atoms with Gasteiger partial charge in [-0.1, -0.05) is 27.8 Å². The van der Waals surface area contributed by atoms with Gasteiger partial charge in [-0.15, -0.1) is 0 Å². The predicted octanol–water partition coefficient (Wildman–Crippen LogP) is 2.15. The van der Waals surface area contributed by atoms with Gasteiger partial charge in [0.05, 0.1) is 18.0 Å². The molecule has 0 radical (unpaired) electrons. The van der Waals surface area contributed by atoms with Gasteiger partial charge < -0.3 is 9.84 Å². The summed E-state index contributed by atoms with van der Waals surface area (Å²) in [4.78, 5) is 0. The van der Waals surface area contributed by atoms with E-state index in [4.69, 9.17) is 4.74 Å². The Bertz CT molecular complexity index is 350. The predicted molar refractivity (Wildman–Crippen MR) is 55.3 cm³/mol. The van der Waals surface area contributed by atoms with Crippen molar-refractivity contribution in [2.45, 2.75) is 0 Å². The molecular formula is C10H9BrO2. The highest BCUT2D eigenvalue weighted by molar-refractivity contribution is 9.09. The Hall–Kier alpha value is -1.14. The fraction of sp³-hybridized carbons (Fsp3) is 0.200. The molecule has 1 N–H and O–H groups in total. The van der Waals surface area contributed by atoms with E-state index < -0.39 is 0 Å². The molecule has 0 amide bonds. The Kier molecular flexibility index (Phi) is 3.66. The van der Waals surface area contributed by atoms with E-state index in [0.717, 1.165) is 0 Å². The fourth-order valence-electron chi connectivity index (χ4n) is 0.873. The summed E-state index contributed by atoms with van der Waals surface area (Å²) in [7, 11) is 1.55. The Balaban J connectivity index is 2.98. The quantitative estimate of drug-likeness (QED) is 0.603. The van der Waals surface area contributed by atoms with Gasteiger partial charge in [0.1, 0.15) is 11.5 Å². The molecule has 68 valence electrons. The minimum absolute atomic E-state index is 0.146. The summed E-state index contributed by atoms with van der Waals surface area (Å²) in [6.45, 7) is 0. The van der Waals surface area contributed by atoms with E-state index in [2.05, 4.69) is 27.8 Å². The van der Waals surface area contributed by atoms with Crippen LogP contribution in [0.2, 0.25) is 0 Å². The zero-order valence-electron chi connectivity index (χ0n) is 7.17. The lowest BCUT2D eigenvalue weighted by molar-refractivity contribution is 0.407. The average Bonchev–Trinajstić information content (AvgIpc) is 2.16. The smallest absolute Gasteiger partial charge is 0.134 e. The normalized spacial score (nSPS) is 8.77. The topological polar surface area (TPSA) is 29.5 Å². The minimum Gasteiger partial charge on any atom is -0.507 e. The van der Waals surface area contributed by atoms with Crippen LogP contribution in [0.3, 0.4) is 0 Å². The zero-order valence-corrected chi connectivity index (χ0v) is 8.76. The summed E-state index contributed by atoms with van der Waals surface area (Å²) in [5.41, 5.74) is 0.611. The monoisotopic (exact) mass is 240 g/mol. The highest BCUT2D eigenvalue weighted by Crippen LogP contribution is 2.22. The number of hydrogen-bond acceptors (Lipinski definition) is 2. The number of alkyl halides is 1. The third kappa shape index (κ3) is 2.67. The number of aromatic hydroxyl groups is 1. The van der Waals surface area contributed by atoms with Crippen LogP contribution in [0.1, 0.15) is 5.56 Å². The first kappa shape index (κ1) is 9.94. The Morgan fingerprint density at radius 1 is 1.54 bits per heavy atom. The van der Waals surface area contributed by atoms with Crippen LogP contribution < -0.4 is 4.74 Å². The maximum atomic E-state index is 9.45. The number of hydrogen-bond donors (Lipinski definition) is 1. The van der Waals surface area contributed by atoms with Gasteiger partial charge >= 0.3 is 0 Å². The molecule has 0 saturated carbocycles. The van der Waals surface area contributed by atoms with Crippen molar-refractivity contribution in [1.82, 2.24) is 0 Å². The van der Waals surface area contributed by atoms with Crippen LogP contribution in [0, 0.1) is 11.8 Å². The van der Waals surface area contributed by atoms with Crippen LogP contribution in [-0.2, 0) is 0 Å². The third-order valence-electron chi connectivity index (χ3n) is 1.49. The van der Waals surface area contributed by atoms with Crippen LogP contribution in [0.25, 0.3) is 0 Å². The molecule has 1 aromatic rings. The lowest BCUT2D eigenvalue weighted by atomic mass is 10.2. The molecule has 2 nitrogen and oxygen atoms in total. The summed E-state index contributed by atoms with van der Waals surface area (Å²) in [5.74, 6) is 6.39.